The first-order chi connectivity index (χ1) is 16.4. The van der Waals surface area contributed by atoms with E-state index in [0.29, 0.717) is 12.2 Å². The molecule has 2 heterocycles. The van der Waals surface area contributed by atoms with E-state index in [1.165, 1.54) is 0 Å². The third kappa shape index (κ3) is 4.06. The molecule has 2 amide bonds. The number of carbonyl (C=O) groups is 2. The van der Waals surface area contributed by atoms with E-state index >= 15 is 0 Å². The number of amides is 2. The van der Waals surface area contributed by atoms with E-state index in [0.717, 1.165) is 47.2 Å². The smallest absolute Gasteiger partial charge is 0.415 e. The van der Waals surface area contributed by atoms with E-state index in [2.05, 4.69) is 5.32 Å². The average molecular weight is 460 g/mol. The number of hydrogen-bond donors (Lipinski definition) is 1. The minimum atomic E-state index is -0.575. The summed E-state index contributed by atoms with van der Waals surface area (Å²) in [5.41, 5.74) is 2.45. The van der Waals surface area contributed by atoms with E-state index in [4.69, 9.17) is 14.5 Å². The zero-order valence-electron chi connectivity index (χ0n) is 19.7. The zero-order valence-corrected chi connectivity index (χ0v) is 19.7. The number of para-hydroxylation sites is 1. The predicted octanol–water partition coefficient (Wildman–Crippen LogP) is 5.14. The molecule has 5 rings (SSSR count). The number of cyclic esters (lactones) is 1. The van der Waals surface area contributed by atoms with Crippen LogP contribution in [-0.4, -0.2) is 46.3 Å². The summed E-state index contributed by atoms with van der Waals surface area (Å²) in [5, 5.41) is 4.02. The van der Waals surface area contributed by atoms with Gasteiger partial charge in [0.05, 0.1) is 23.4 Å². The van der Waals surface area contributed by atoms with Gasteiger partial charge in [-0.15, -0.1) is 0 Å². The number of carbonyl (C=O) groups excluding carboxylic acids is 2. The molecule has 1 saturated carbocycles. The van der Waals surface area contributed by atoms with E-state index in [1.807, 2.05) is 75.4 Å². The standard InChI is InChI=1S/C27H29N3O4/c1-4-33-20-13-9-17(10-14-20)24-16-22(21-7-5-6-8-23(21)29-24)25(31)28-18-11-12-19(15-18)30-26(32)34-27(30,2)3/h5-10,13-14,16,18-19H,4,11-12,15H2,1-3H3,(H,28,31)/t18-,19+/m0/s1. The second kappa shape index (κ2) is 8.63. The van der Waals surface area contributed by atoms with Crippen LogP contribution in [0.4, 0.5) is 4.79 Å². The average Bonchev–Trinajstić information content (AvgIpc) is 3.25. The Morgan fingerprint density at radius 1 is 1.18 bits per heavy atom. The molecule has 2 aliphatic rings. The molecule has 1 aliphatic heterocycles. The topological polar surface area (TPSA) is 80.8 Å². The minimum Gasteiger partial charge on any atom is -0.494 e. The van der Waals surface area contributed by atoms with Crippen LogP contribution < -0.4 is 10.1 Å². The maximum Gasteiger partial charge on any atom is 0.415 e. The van der Waals surface area contributed by atoms with Crippen molar-refractivity contribution >= 4 is 22.9 Å². The van der Waals surface area contributed by atoms with Crippen LogP contribution in [0.1, 0.15) is 50.4 Å². The molecular formula is C27H29N3O4. The van der Waals surface area contributed by atoms with Gasteiger partial charge in [0, 0.05) is 23.0 Å². The molecule has 3 aromatic rings. The number of ether oxygens (including phenoxy) is 2. The van der Waals surface area contributed by atoms with Gasteiger partial charge in [0.25, 0.3) is 5.91 Å². The van der Waals surface area contributed by atoms with Crippen molar-refractivity contribution in [2.45, 2.75) is 57.8 Å². The molecule has 0 unspecified atom stereocenters. The molecular weight excluding hydrogens is 430 g/mol. The second-order valence-corrected chi connectivity index (χ2v) is 9.35. The van der Waals surface area contributed by atoms with Crippen LogP contribution in [-0.2, 0) is 4.74 Å². The first-order valence-electron chi connectivity index (χ1n) is 11.8. The molecule has 7 nitrogen and oxygen atoms in total. The van der Waals surface area contributed by atoms with Gasteiger partial charge >= 0.3 is 6.09 Å². The Balaban J connectivity index is 1.38. The Hall–Kier alpha value is -3.61. The lowest BCUT2D eigenvalue weighted by atomic mass is 10.0. The molecule has 0 radical (unpaired) electrons. The number of aromatic nitrogens is 1. The summed E-state index contributed by atoms with van der Waals surface area (Å²) < 4.78 is 10.8. The van der Waals surface area contributed by atoms with Crippen molar-refractivity contribution in [3.05, 3.63) is 60.2 Å². The van der Waals surface area contributed by atoms with Crippen LogP contribution in [0.25, 0.3) is 22.2 Å². The highest BCUT2D eigenvalue weighted by molar-refractivity contribution is 6.07. The largest absolute Gasteiger partial charge is 0.494 e. The normalized spacial score (nSPS) is 21.1. The Morgan fingerprint density at radius 3 is 2.65 bits per heavy atom. The van der Waals surface area contributed by atoms with Crippen molar-refractivity contribution < 1.29 is 19.1 Å². The molecule has 1 aromatic heterocycles. The summed E-state index contributed by atoms with van der Waals surface area (Å²) in [4.78, 5) is 32.0. The molecule has 1 N–H and O–H groups in total. The molecule has 0 bridgehead atoms. The summed E-state index contributed by atoms with van der Waals surface area (Å²) >= 11 is 0. The fourth-order valence-corrected chi connectivity index (χ4v) is 5.07. The van der Waals surface area contributed by atoms with Crippen molar-refractivity contribution in [3.63, 3.8) is 0 Å². The van der Waals surface area contributed by atoms with Crippen molar-refractivity contribution in [1.82, 2.24) is 15.2 Å². The van der Waals surface area contributed by atoms with Crippen molar-refractivity contribution in [1.29, 1.82) is 0 Å². The molecule has 176 valence electrons. The van der Waals surface area contributed by atoms with Crippen LogP contribution in [0.2, 0.25) is 0 Å². The second-order valence-electron chi connectivity index (χ2n) is 9.35. The Labute approximate surface area is 199 Å². The Morgan fingerprint density at radius 2 is 1.94 bits per heavy atom. The lowest BCUT2D eigenvalue weighted by Crippen LogP contribution is -2.65. The third-order valence-corrected chi connectivity index (χ3v) is 6.64. The summed E-state index contributed by atoms with van der Waals surface area (Å²) in [7, 11) is 0. The van der Waals surface area contributed by atoms with E-state index < -0.39 is 5.72 Å². The number of pyridine rings is 1. The van der Waals surface area contributed by atoms with Crippen LogP contribution in [0.5, 0.6) is 5.75 Å². The molecule has 2 aromatic carbocycles. The van der Waals surface area contributed by atoms with Gasteiger partial charge in [-0.25, -0.2) is 9.78 Å². The number of nitrogens with zero attached hydrogens (tertiary/aromatic N) is 2. The Kier molecular flexibility index (Phi) is 5.63. The van der Waals surface area contributed by atoms with Crippen LogP contribution in [0, 0.1) is 0 Å². The highest BCUT2D eigenvalue weighted by Crippen LogP contribution is 2.37. The molecule has 34 heavy (non-hydrogen) atoms. The first-order valence-corrected chi connectivity index (χ1v) is 11.8. The van der Waals surface area contributed by atoms with Crippen LogP contribution >= 0.6 is 0 Å². The third-order valence-electron chi connectivity index (χ3n) is 6.64. The van der Waals surface area contributed by atoms with Crippen molar-refractivity contribution in [2.24, 2.45) is 0 Å². The maximum absolute atomic E-state index is 13.4. The summed E-state index contributed by atoms with van der Waals surface area (Å²) in [5.74, 6) is 0.678. The highest BCUT2D eigenvalue weighted by atomic mass is 16.6. The zero-order chi connectivity index (χ0) is 23.9. The lowest BCUT2D eigenvalue weighted by molar-refractivity contribution is -0.178. The van der Waals surface area contributed by atoms with Gasteiger partial charge in [-0.3, -0.25) is 9.69 Å². The quantitative estimate of drug-likeness (QED) is 0.552. The van der Waals surface area contributed by atoms with Gasteiger partial charge < -0.3 is 14.8 Å². The minimum absolute atomic E-state index is 0.00236. The van der Waals surface area contributed by atoms with E-state index in [1.54, 1.807) is 4.90 Å². The number of hydrogen-bond acceptors (Lipinski definition) is 5. The van der Waals surface area contributed by atoms with Gasteiger partial charge in [-0.2, -0.15) is 0 Å². The van der Waals surface area contributed by atoms with Crippen molar-refractivity contribution in [3.8, 4) is 17.0 Å². The van der Waals surface area contributed by atoms with E-state index in [9.17, 15) is 9.59 Å². The number of rotatable bonds is 6. The number of benzene rings is 2. The van der Waals surface area contributed by atoms with Gasteiger partial charge in [0.2, 0.25) is 0 Å². The SMILES string of the molecule is CCOc1ccc(-c2cc(C(=O)N[C@H]3CC[C@@H](N4C(=O)OC4(C)C)C3)c3ccccc3n2)cc1. The maximum atomic E-state index is 13.4. The molecule has 2 fully saturated rings. The Bertz CT molecular complexity index is 1240. The summed E-state index contributed by atoms with van der Waals surface area (Å²) in [6.45, 7) is 6.35. The van der Waals surface area contributed by atoms with Crippen LogP contribution in [0.3, 0.4) is 0 Å². The van der Waals surface area contributed by atoms with Gasteiger partial charge in [0.1, 0.15) is 5.75 Å². The highest BCUT2D eigenvalue weighted by Gasteiger charge is 2.51. The fraction of sp³-hybridized carbons (Fsp3) is 0.370. The summed E-state index contributed by atoms with van der Waals surface area (Å²) in [6, 6.07) is 17.4. The van der Waals surface area contributed by atoms with Gasteiger partial charge in [-0.05, 0) is 76.4 Å². The molecule has 2 atom stereocenters. The number of fused-ring (bicyclic) bond motifs is 1. The lowest BCUT2D eigenvalue weighted by Gasteiger charge is -2.49. The van der Waals surface area contributed by atoms with E-state index in [-0.39, 0.29) is 24.1 Å². The fourth-order valence-electron chi connectivity index (χ4n) is 5.07. The molecule has 1 saturated heterocycles. The van der Waals surface area contributed by atoms with Crippen molar-refractivity contribution in [2.75, 3.05) is 6.61 Å². The molecule has 1 aliphatic carbocycles. The molecule has 7 heteroatoms. The monoisotopic (exact) mass is 459 g/mol. The van der Waals surface area contributed by atoms with Gasteiger partial charge in [-0.1, -0.05) is 18.2 Å². The number of nitrogens with one attached hydrogen (secondary N) is 1. The first kappa shape index (κ1) is 22.2. The van der Waals surface area contributed by atoms with Gasteiger partial charge in [0.15, 0.2) is 5.72 Å². The van der Waals surface area contributed by atoms with Crippen LogP contribution in [0.15, 0.2) is 54.6 Å². The summed E-state index contributed by atoms with van der Waals surface area (Å²) in [6.07, 6.45) is 2.12. The molecule has 0 spiro atoms. The predicted molar refractivity (Wildman–Crippen MR) is 130 cm³/mol.